The predicted octanol–water partition coefficient (Wildman–Crippen LogP) is 2.69. The molecule has 0 aliphatic rings. The van der Waals surface area contributed by atoms with Gasteiger partial charge in [0.05, 0.1) is 7.11 Å². The van der Waals surface area contributed by atoms with Crippen molar-refractivity contribution in [3.8, 4) is 0 Å². The molecular formula is C15H21NO3. The minimum atomic E-state index is -0.786. The molecule has 1 unspecified atom stereocenters. The summed E-state index contributed by atoms with van der Waals surface area (Å²) in [5, 5.41) is 2.77. The van der Waals surface area contributed by atoms with Gasteiger partial charge in [-0.25, -0.2) is 0 Å². The van der Waals surface area contributed by atoms with Gasteiger partial charge in [-0.3, -0.25) is 9.59 Å². The van der Waals surface area contributed by atoms with Crippen molar-refractivity contribution in [3.63, 3.8) is 0 Å². The summed E-state index contributed by atoms with van der Waals surface area (Å²) >= 11 is 0. The minimum absolute atomic E-state index is 0.112. The first-order valence-electron chi connectivity index (χ1n) is 6.32. The number of rotatable bonds is 4. The van der Waals surface area contributed by atoms with E-state index in [4.69, 9.17) is 0 Å². The largest absolute Gasteiger partial charge is 0.468 e. The average molecular weight is 263 g/mol. The van der Waals surface area contributed by atoms with Gasteiger partial charge in [-0.1, -0.05) is 19.9 Å². The number of benzene rings is 1. The van der Waals surface area contributed by atoms with Crippen LogP contribution in [-0.2, 0) is 14.3 Å². The summed E-state index contributed by atoms with van der Waals surface area (Å²) < 4.78 is 4.68. The lowest BCUT2D eigenvalue weighted by Gasteiger charge is -2.18. The zero-order valence-electron chi connectivity index (χ0n) is 12.1. The number of aryl methyl sites for hydroxylation is 2. The lowest BCUT2D eigenvalue weighted by Crippen LogP contribution is -2.34. The highest BCUT2D eigenvalue weighted by molar-refractivity contribution is 6.05. The summed E-state index contributed by atoms with van der Waals surface area (Å²) in [6.45, 7) is 7.63. The van der Waals surface area contributed by atoms with Crippen LogP contribution >= 0.6 is 0 Å². The van der Waals surface area contributed by atoms with E-state index in [0.717, 1.165) is 11.1 Å². The highest BCUT2D eigenvalue weighted by Crippen LogP contribution is 2.18. The second-order valence-electron chi connectivity index (χ2n) is 5.03. The van der Waals surface area contributed by atoms with Crippen molar-refractivity contribution < 1.29 is 14.3 Å². The van der Waals surface area contributed by atoms with Crippen LogP contribution in [-0.4, -0.2) is 19.0 Å². The number of anilines is 1. The van der Waals surface area contributed by atoms with Crippen LogP contribution in [0.5, 0.6) is 0 Å². The predicted molar refractivity (Wildman–Crippen MR) is 74.9 cm³/mol. The Hall–Kier alpha value is -1.84. The topological polar surface area (TPSA) is 55.4 Å². The molecular weight excluding hydrogens is 242 g/mol. The first kappa shape index (κ1) is 15.2. The monoisotopic (exact) mass is 263 g/mol. The Morgan fingerprint density at radius 3 is 2.26 bits per heavy atom. The van der Waals surface area contributed by atoms with Crippen molar-refractivity contribution in [2.75, 3.05) is 12.4 Å². The van der Waals surface area contributed by atoms with Gasteiger partial charge in [-0.2, -0.15) is 0 Å². The summed E-state index contributed by atoms with van der Waals surface area (Å²) in [5.41, 5.74) is 2.95. The first-order chi connectivity index (χ1) is 8.86. The highest BCUT2D eigenvalue weighted by Gasteiger charge is 2.30. The van der Waals surface area contributed by atoms with Crippen LogP contribution in [0.3, 0.4) is 0 Å². The zero-order chi connectivity index (χ0) is 14.6. The Morgan fingerprint density at radius 1 is 1.16 bits per heavy atom. The Kier molecular flexibility index (Phi) is 5.10. The molecule has 0 aliphatic heterocycles. The van der Waals surface area contributed by atoms with Gasteiger partial charge < -0.3 is 10.1 Å². The van der Waals surface area contributed by atoms with Gasteiger partial charge in [0.15, 0.2) is 0 Å². The third-order valence-corrected chi connectivity index (χ3v) is 3.18. The molecule has 0 saturated heterocycles. The SMILES string of the molecule is COC(=O)C(C(=O)Nc1ccc(C)c(C)c1)C(C)C. The minimum Gasteiger partial charge on any atom is -0.468 e. The van der Waals surface area contributed by atoms with Crippen LogP contribution in [0.15, 0.2) is 18.2 Å². The Morgan fingerprint density at radius 2 is 1.79 bits per heavy atom. The van der Waals surface area contributed by atoms with Gasteiger partial charge in [0.2, 0.25) is 5.91 Å². The molecule has 0 spiro atoms. The maximum Gasteiger partial charge on any atom is 0.318 e. The van der Waals surface area contributed by atoms with Crippen LogP contribution < -0.4 is 5.32 Å². The molecule has 1 amide bonds. The Balaban J connectivity index is 2.87. The number of hydrogen-bond acceptors (Lipinski definition) is 3. The lowest BCUT2D eigenvalue weighted by atomic mass is 9.95. The number of esters is 1. The number of hydrogen-bond donors (Lipinski definition) is 1. The van der Waals surface area contributed by atoms with E-state index >= 15 is 0 Å². The van der Waals surface area contributed by atoms with E-state index in [1.807, 2.05) is 45.9 Å². The summed E-state index contributed by atoms with van der Waals surface area (Å²) in [6.07, 6.45) is 0. The van der Waals surface area contributed by atoms with E-state index in [-0.39, 0.29) is 11.8 Å². The van der Waals surface area contributed by atoms with Crippen LogP contribution in [0.4, 0.5) is 5.69 Å². The fourth-order valence-electron chi connectivity index (χ4n) is 1.85. The fraction of sp³-hybridized carbons (Fsp3) is 0.467. The molecule has 1 atom stereocenters. The fourth-order valence-corrected chi connectivity index (χ4v) is 1.85. The summed E-state index contributed by atoms with van der Waals surface area (Å²) in [4.78, 5) is 23.8. The molecule has 0 bridgehead atoms. The number of amides is 1. The second kappa shape index (κ2) is 6.36. The lowest BCUT2D eigenvalue weighted by molar-refractivity contribution is -0.150. The zero-order valence-corrected chi connectivity index (χ0v) is 12.1. The molecule has 1 aromatic carbocycles. The van der Waals surface area contributed by atoms with Gasteiger partial charge in [0.25, 0.3) is 0 Å². The third-order valence-electron chi connectivity index (χ3n) is 3.18. The summed E-state index contributed by atoms with van der Waals surface area (Å²) in [6, 6.07) is 5.66. The average Bonchev–Trinajstić information content (AvgIpc) is 2.33. The number of methoxy groups -OCH3 is 1. The van der Waals surface area contributed by atoms with E-state index in [0.29, 0.717) is 5.69 Å². The summed E-state index contributed by atoms with van der Waals surface area (Å²) in [7, 11) is 1.29. The summed E-state index contributed by atoms with van der Waals surface area (Å²) in [5.74, 6) is -1.73. The molecule has 0 aliphatic carbocycles. The van der Waals surface area contributed by atoms with Crippen LogP contribution in [0.1, 0.15) is 25.0 Å². The number of nitrogens with one attached hydrogen (secondary N) is 1. The molecule has 0 heterocycles. The van der Waals surface area contributed by atoms with E-state index in [9.17, 15) is 9.59 Å². The van der Waals surface area contributed by atoms with Gasteiger partial charge >= 0.3 is 5.97 Å². The van der Waals surface area contributed by atoms with E-state index < -0.39 is 11.9 Å². The molecule has 19 heavy (non-hydrogen) atoms. The normalized spacial score (nSPS) is 12.1. The molecule has 1 aromatic rings. The first-order valence-corrected chi connectivity index (χ1v) is 6.32. The molecule has 1 N–H and O–H groups in total. The molecule has 0 aromatic heterocycles. The van der Waals surface area contributed by atoms with Gasteiger partial charge in [-0.05, 0) is 43.0 Å². The molecule has 104 valence electrons. The third kappa shape index (κ3) is 3.81. The smallest absolute Gasteiger partial charge is 0.318 e. The number of carbonyl (C=O) groups is 2. The maximum absolute atomic E-state index is 12.1. The van der Waals surface area contributed by atoms with Crippen molar-refractivity contribution >= 4 is 17.6 Å². The van der Waals surface area contributed by atoms with Gasteiger partial charge in [0.1, 0.15) is 5.92 Å². The Labute approximate surface area is 114 Å². The van der Waals surface area contributed by atoms with Gasteiger partial charge in [0, 0.05) is 5.69 Å². The molecule has 0 radical (unpaired) electrons. The van der Waals surface area contributed by atoms with Crippen molar-refractivity contribution in [3.05, 3.63) is 29.3 Å². The highest BCUT2D eigenvalue weighted by atomic mass is 16.5. The van der Waals surface area contributed by atoms with E-state index in [1.54, 1.807) is 0 Å². The van der Waals surface area contributed by atoms with Gasteiger partial charge in [-0.15, -0.1) is 0 Å². The second-order valence-corrected chi connectivity index (χ2v) is 5.03. The van der Waals surface area contributed by atoms with Crippen molar-refractivity contribution in [1.82, 2.24) is 0 Å². The molecule has 0 fully saturated rings. The number of carbonyl (C=O) groups excluding carboxylic acids is 2. The van der Waals surface area contributed by atoms with E-state index in [2.05, 4.69) is 10.1 Å². The number of ether oxygens (including phenoxy) is 1. The molecule has 1 rings (SSSR count). The molecule has 4 nitrogen and oxygen atoms in total. The molecule has 0 saturated carbocycles. The quantitative estimate of drug-likeness (QED) is 0.671. The molecule has 4 heteroatoms. The van der Waals surface area contributed by atoms with Crippen molar-refractivity contribution in [1.29, 1.82) is 0 Å². The van der Waals surface area contributed by atoms with Crippen molar-refractivity contribution in [2.45, 2.75) is 27.7 Å². The maximum atomic E-state index is 12.1. The Bertz CT molecular complexity index is 480. The van der Waals surface area contributed by atoms with Crippen LogP contribution in [0.25, 0.3) is 0 Å². The standard InChI is InChI=1S/C15H21NO3/c1-9(2)13(15(18)19-5)14(17)16-12-7-6-10(3)11(4)8-12/h6-9,13H,1-5H3,(H,16,17). The van der Waals surface area contributed by atoms with Crippen molar-refractivity contribution in [2.24, 2.45) is 11.8 Å². The van der Waals surface area contributed by atoms with Crippen LogP contribution in [0, 0.1) is 25.7 Å². The van der Waals surface area contributed by atoms with E-state index in [1.165, 1.54) is 7.11 Å². The van der Waals surface area contributed by atoms with Crippen LogP contribution in [0.2, 0.25) is 0 Å².